The summed E-state index contributed by atoms with van der Waals surface area (Å²) in [6.45, 7) is 7.70. The number of carbonyl (C=O) groups is 1. The summed E-state index contributed by atoms with van der Waals surface area (Å²) in [6.07, 6.45) is 0. The number of aryl methyl sites for hydroxylation is 2. The van der Waals surface area contributed by atoms with Gasteiger partial charge in [0.2, 0.25) is 0 Å². The molecule has 23 heavy (non-hydrogen) atoms. The number of hydrogen-bond donors (Lipinski definition) is 1. The largest absolute Gasteiger partial charge is 0.307 e. The fraction of sp³-hybridized carbons (Fsp3) is 0.375. The van der Waals surface area contributed by atoms with Gasteiger partial charge in [-0.25, -0.2) is 13.1 Å². The number of anilines is 1. The van der Waals surface area contributed by atoms with Gasteiger partial charge in [-0.15, -0.1) is 0 Å². The molecule has 1 aromatic heterocycles. The van der Waals surface area contributed by atoms with Crippen molar-refractivity contribution in [2.75, 3.05) is 5.32 Å². The zero-order valence-electron chi connectivity index (χ0n) is 13.7. The molecule has 0 saturated carbocycles. The number of carbonyl (C=O) groups excluding carboxylic acids is 1. The third-order valence-electron chi connectivity index (χ3n) is 3.51. The predicted octanol–water partition coefficient (Wildman–Crippen LogP) is 2.65. The van der Waals surface area contributed by atoms with E-state index in [-0.39, 0.29) is 10.8 Å². The SMILES string of the molecule is CCn1nc(C)cc1NC(=O)c1ccc(S(=O)(=O)C(C)C)cc1. The molecule has 124 valence electrons. The van der Waals surface area contributed by atoms with Crippen molar-refractivity contribution < 1.29 is 13.2 Å². The van der Waals surface area contributed by atoms with Crippen LogP contribution in [0.4, 0.5) is 5.82 Å². The Hall–Kier alpha value is -2.15. The molecule has 0 aliphatic heterocycles. The Labute approximate surface area is 136 Å². The minimum atomic E-state index is -3.33. The van der Waals surface area contributed by atoms with Gasteiger partial charge in [0.05, 0.1) is 15.8 Å². The van der Waals surface area contributed by atoms with E-state index < -0.39 is 15.1 Å². The maximum absolute atomic E-state index is 12.3. The van der Waals surface area contributed by atoms with Gasteiger partial charge >= 0.3 is 0 Å². The number of rotatable bonds is 5. The van der Waals surface area contributed by atoms with Crippen molar-refractivity contribution in [2.45, 2.75) is 44.4 Å². The smallest absolute Gasteiger partial charge is 0.256 e. The van der Waals surface area contributed by atoms with Crippen LogP contribution in [0.3, 0.4) is 0 Å². The van der Waals surface area contributed by atoms with Crippen LogP contribution in [0, 0.1) is 6.92 Å². The van der Waals surface area contributed by atoms with Gasteiger partial charge in [0.25, 0.3) is 5.91 Å². The van der Waals surface area contributed by atoms with Gasteiger partial charge in [-0.1, -0.05) is 0 Å². The monoisotopic (exact) mass is 335 g/mol. The first-order valence-electron chi connectivity index (χ1n) is 7.45. The van der Waals surface area contributed by atoms with Gasteiger partial charge in [0.15, 0.2) is 9.84 Å². The summed E-state index contributed by atoms with van der Waals surface area (Å²) in [4.78, 5) is 12.5. The van der Waals surface area contributed by atoms with Gasteiger partial charge in [-0.2, -0.15) is 5.10 Å². The second-order valence-corrected chi connectivity index (χ2v) is 8.06. The van der Waals surface area contributed by atoms with Crippen molar-refractivity contribution in [3.05, 3.63) is 41.6 Å². The molecule has 2 aromatic rings. The van der Waals surface area contributed by atoms with Crippen LogP contribution in [-0.4, -0.2) is 29.4 Å². The maximum atomic E-state index is 12.3. The second kappa shape index (κ2) is 6.54. The zero-order chi connectivity index (χ0) is 17.2. The van der Waals surface area contributed by atoms with Gasteiger partial charge < -0.3 is 5.32 Å². The summed E-state index contributed by atoms with van der Waals surface area (Å²) in [7, 11) is -3.33. The molecular formula is C16H21N3O3S. The number of hydrogen-bond acceptors (Lipinski definition) is 4. The lowest BCUT2D eigenvalue weighted by molar-refractivity contribution is 0.102. The maximum Gasteiger partial charge on any atom is 0.256 e. The fourth-order valence-electron chi connectivity index (χ4n) is 2.14. The quantitative estimate of drug-likeness (QED) is 0.911. The molecule has 1 amide bonds. The third kappa shape index (κ3) is 3.61. The van der Waals surface area contributed by atoms with E-state index in [2.05, 4.69) is 10.4 Å². The molecule has 0 spiro atoms. The molecule has 7 heteroatoms. The summed E-state index contributed by atoms with van der Waals surface area (Å²) >= 11 is 0. The molecule has 0 radical (unpaired) electrons. The predicted molar refractivity (Wildman–Crippen MR) is 89.4 cm³/mol. The van der Waals surface area contributed by atoms with Crippen molar-refractivity contribution in [1.29, 1.82) is 0 Å². The van der Waals surface area contributed by atoms with Crippen LogP contribution in [0.5, 0.6) is 0 Å². The molecule has 1 N–H and O–H groups in total. The molecule has 0 bridgehead atoms. The molecular weight excluding hydrogens is 314 g/mol. The molecule has 2 rings (SSSR count). The summed E-state index contributed by atoms with van der Waals surface area (Å²) in [5.74, 6) is 0.321. The van der Waals surface area contributed by atoms with Crippen LogP contribution >= 0.6 is 0 Å². The first kappa shape index (κ1) is 17.2. The lowest BCUT2D eigenvalue weighted by Crippen LogP contribution is -2.16. The highest BCUT2D eigenvalue weighted by atomic mass is 32.2. The van der Waals surface area contributed by atoms with E-state index in [0.29, 0.717) is 17.9 Å². The molecule has 0 saturated heterocycles. The Morgan fingerprint density at radius 1 is 1.26 bits per heavy atom. The van der Waals surface area contributed by atoms with Gasteiger partial charge in [0, 0.05) is 18.2 Å². The van der Waals surface area contributed by atoms with Gasteiger partial charge in [-0.05, 0) is 52.0 Å². The highest BCUT2D eigenvalue weighted by Gasteiger charge is 2.19. The van der Waals surface area contributed by atoms with E-state index in [1.807, 2.05) is 13.8 Å². The standard InChI is InChI=1S/C16H21N3O3S/c1-5-19-15(10-12(4)18-19)17-16(20)13-6-8-14(9-7-13)23(21,22)11(2)3/h6-11H,5H2,1-4H3,(H,17,20). The molecule has 1 heterocycles. The highest BCUT2D eigenvalue weighted by Crippen LogP contribution is 2.17. The molecule has 0 aliphatic rings. The van der Waals surface area contributed by atoms with E-state index in [4.69, 9.17) is 0 Å². The normalized spacial score (nSPS) is 11.7. The van der Waals surface area contributed by atoms with Gasteiger partial charge in [0.1, 0.15) is 5.82 Å². The second-order valence-electron chi connectivity index (χ2n) is 5.56. The zero-order valence-corrected chi connectivity index (χ0v) is 14.5. The van der Waals surface area contributed by atoms with E-state index in [9.17, 15) is 13.2 Å². The molecule has 0 unspecified atom stereocenters. The summed E-state index contributed by atoms with van der Waals surface area (Å²) in [5, 5.41) is 6.56. The molecule has 6 nitrogen and oxygen atoms in total. The van der Waals surface area contributed by atoms with Crippen molar-refractivity contribution in [3.63, 3.8) is 0 Å². The average Bonchev–Trinajstić information content (AvgIpc) is 2.86. The number of amides is 1. The Balaban J connectivity index is 2.21. The first-order valence-corrected chi connectivity index (χ1v) is 9.00. The van der Waals surface area contributed by atoms with Crippen LogP contribution in [-0.2, 0) is 16.4 Å². The number of benzene rings is 1. The van der Waals surface area contributed by atoms with Crippen LogP contribution in [0.25, 0.3) is 0 Å². The van der Waals surface area contributed by atoms with Crippen molar-refractivity contribution in [3.8, 4) is 0 Å². The molecule has 1 aromatic carbocycles. The van der Waals surface area contributed by atoms with Crippen LogP contribution < -0.4 is 5.32 Å². The number of nitrogens with zero attached hydrogens (tertiary/aromatic N) is 2. The minimum Gasteiger partial charge on any atom is -0.307 e. The van der Waals surface area contributed by atoms with Gasteiger partial charge in [-0.3, -0.25) is 4.79 Å². The van der Waals surface area contributed by atoms with Crippen LogP contribution in [0.2, 0.25) is 0 Å². The number of nitrogens with one attached hydrogen (secondary N) is 1. The summed E-state index contributed by atoms with van der Waals surface area (Å²) in [5.41, 5.74) is 1.22. The highest BCUT2D eigenvalue weighted by molar-refractivity contribution is 7.92. The molecule has 0 fully saturated rings. The fourth-order valence-corrected chi connectivity index (χ4v) is 3.20. The van der Waals surface area contributed by atoms with E-state index in [0.717, 1.165) is 5.69 Å². The molecule has 0 aliphatic carbocycles. The minimum absolute atomic E-state index is 0.221. The average molecular weight is 335 g/mol. The summed E-state index contributed by atoms with van der Waals surface area (Å²) < 4.78 is 25.9. The summed E-state index contributed by atoms with van der Waals surface area (Å²) in [6, 6.07) is 7.76. The first-order chi connectivity index (χ1) is 10.8. The van der Waals surface area contributed by atoms with Crippen molar-refractivity contribution in [1.82, 2.24) is 9.78 Å². The van der Waals surface area contributed by atoms with Crippen molar-refractivity contribution >= 4 is 21.6 Å². The third-order valence-corrected chi connectivity index (χ3v) is 5.68. The Morgan fingerprint density at radius 3 is 2.39 bits per heavy atom. The Kier molecular flexibility index (Phi) is 4.89. The van der Waals surface area contributed by atoms with E-state index >= 15 is 0 Å². The van der Waals surface area contributed by atoms with Crippen LogP contribution in [0.1, 0.15) is 36.8 Å². The number of aromatic nitrogens is 2. The van der Waals surface area contributed by atoms with Crippen molar-refractivity contribution in [2.24, 2.45) is 0 Å². The topological polar surface area (TPSA) is 81.1 Å². The Morgan fingerprint density at radius 2 is 1.87 bits per heavy atom. The number of sulfone groups is 1. The lowest BCUT2D eigenvalue weighted by atomic mass is 10.2. The molecule has 0 atom stereocenters. The van der Waals surface area contributed by atoms with Crippen LogP contribution in [0.15, 0.2) is 35.2 Å². The Bertz CT molecular complexity index is 806. The van der Waals surface area contributed by atoms with E-state index in [1.54, 1.807) is 24.6 Å². The lowest BCUT2D eigenvalue weighted by Gasteiger charge is -2.09. The van der Waals surface area contributed by atoms with E-state index in [1.165, 1.54) is 24.3 Å².